The molecule has 1 aromatic heterocycles. The van der Waals surface area contributed by atoms with E-state index in [-0.39, 0.29) is 33.9 Å². The van der Waals surface area contributed by atoms with Crippen molar-refractivity contribution in [2.75, 3.05) is 0 Å². The van der Waals surface area contributed by atoms with Gasteiger partial charge in [0.25, 0.3) is 0 Å². The lowest BCUT2D eigenvalue weighted by Crippen LogP contribution is -1.98. The summed E-state index contributed by atoms with van der Waals surface area (Å²) >= 11 is 3.00. The summed E-state index contributed by atoms with van der Waals surface area (Å²) in [7, 11) is 0. The fourth-order valence-electron chi connectivity index (χ4n) is 1.37. The molecule has 0 spiro atoms. The van der Waals surface area contributed by atoms with E-state index in [1.807, 2.05) is 0 Å². The summed E-state index contributed by atoms with van der Waals surface area (Å²) < 4.78 is 32.5. The van der Waals surface area contributed by atoms with Crippen LogP contribution in [0.1, 0.15) is 11.5 Å². The molecule has 2 rings (SSSR count). The highest BCUT2D eigenvalue weighted by molar-refractivity contribution is 9.10. The van der Waals surface area contributed by atoms with Crippen LogP contribution in [0.15, 0.2) is 15.1 Å². The van der Waals surface area contributed by atoms with Gasteiger partial charge >= 0.3 is 0 Å². The van der Waals surface area contributed by atoms with Gasteiger partial charge in [0.2, 0.25) is 11.7 Å². The number of halogens is 3. The van der Waals surface area contributed by atoms with Gasteiger partial charge in [-0.15, -0.1) is 0 Å². The van der Waals surface area contributed by atoms with Crippen molar-refractivity contribution in [3.05, 3.63) is 33.6 Å². The number of aromatic nitrogens is 2. The first kappa shape index (κ1) is 12.1. The van der Waals surface area contributed by atoms with Crippen LogP contribution in [-0.4, -0.2) is 10.1 Å². The van der Waals surface area contributed by atoms with Crippen molar-refractivity contribution in [3.63, 3.8) is 0 Å². The third-order valence-corrected chi connectivity index (χ3v) is 2.78. The van der Waals surface area contributed by atoms with Crippen LogP contribution in [0.2, 0.25) is 0 Å². The second-order valence-electron chi connectivity index (χ2n) is 3.39. The monoisotopic (exact) mass is 303 g/mol. The number of rotatable bonds is 2. The van der Waals surface area contributed by atoms with Gasteiger partial charge < -0.3 is 10.3 Å². The van der Waals surface area contributed by atoms with Gasteiger partial charge in [-0.3, -0.25) is 0 Å². The number of nitrogens with two attached hydrogens (primary N) is 1. The summed E-state index contributed by atoms with van der Waals surface area (Å²) in [5, 5.41) is 3.49. The molecule has 0 fully saturated rings. The maximum Gasteiger partial charge on any atom is 0.240 e. The average Bonchev–Trinajstić information content (AvgIpc) is 2.75. The Balaban J connectivity index is 2.65. The molecule has 0 bridgehead atoms. The van der Waals surface area contributed by atoms with Crippen molar-refractivity contribution in [1.29, 1.82) is 0 Å². The molecule has 1 heterocycles. The molecule has 2 aromatic rings. The second kappa shape index (κ2) is 4.50. The predicted octanol–water partition coefficient (Wildman–Crippen LogP) is 2.54. The van der Waals surface area contributed by atoms with E-state index < -0.39 is 11.6 Å². The van der Waals surface area contributed by atoms with Crippen molar-refractivity contribution in [1.82, 2.24) is 10.1 Å². The second-order valence-corrected chi connectivity index (χ2v) is 4.25. The highest BCUT2D eigenvalue weighted by Crippen LogP contribution is 2.31. The number of nitrogens with zero attached hydrogens (tertiary/aromatic N) is 2. The van der Waals surface area contributed by atoms with E-state index >= 15 is 0 Å². The largest absolute Gasteiger partial charge is 0.338 e. The number of aryl methyl sites for hydroxylation is 1. The summed E-state index contributed by atoms with van der Waals surface area (Å²) in [6.45, 7) is 1.54. The summed E-state index contributed by atoms with van der Waals surface area (Å²) in [5.41, 5.74) is 5.25. The van der Waals surface area contributed by atoms with Crippen LogP contribution in [0, 0.1) is 18.6 Å². The minimum absolute atomic E-state index is 0.0171. The van der Waals surface area contributed by atoms with Crippen LogP contribution in [0.5, 0.6) is 0 Å². The van der Waals surface area contributed by atoms with Crippen LogP contribution in [0.3, 0.4) is 0 Å². The molecule has 17 heavy (non-hydrogen) atoms. The lowest BCUT2D eigenvalue weighted by Gasteiger charge is -2.05. The van der Waals surface area contributed by atoms with E-state index in [0.29, 0.717) is 0 Å². The molecule has 0 radical (unpaired) electrons. The van der Waals surface area contributed by atoms with Crippen molar-refractivity contribution in [3.8, 4) is 11.4 Å². The number of benzene rings is 1. The first-order chi connectivity index (χ1) is 8.04. The van der Waals surface area contributed by atoms with Crippen LogP contribution in [0.4, 0.5) is 8.78 Å². The quantitative estimate of drug-likeness (QED) is 0.866. The SMILES string of the molecule is Cc1cc(Br)c(F)c(-c2noc(CN)n2)c1F. The van der Waals surface area contributed by atoms with Gasteiger partial charge in [0.1, 0.15) is 5.82 Å². The Hall–Kier alpha value is -1.34. The van der Waals surface area contributed by atoms with Crippen molar-refractivity contribution in [2.45, 2.75) is 13.5 Å². The first-order valence-electron chi connectivity index (χ1n) is 4.71. The summed E-state index contributed by atoms with van der Waals surface area (Å²) in [6.07, 6.45) is 0. The van der Waals surface area contributed by atoms with Crippen molar-refractivity contribution >= 4 is 15.9 Å². The highest BCUT2D eigenvalue weighted by atomic mass is 79.9. The number of hydrogen-bond donors (Lipinski definition) is 1. The van der Waals surface area contributed by atoms with E-state index in [1.54, 1.807) is 0 Å². The zero-order valence-corrected chi connectivity index (χ0v) is 10.4. The zero-order valence-electron chi connectivity index (χ0n) is 8.80. The Morgan fingerprint density at radius 2 is 2.12 bits per heavy atom. The average molecular weight is 304 g/mol. The van der Waals surface area contributed by atoms with E-state index in [1.165, 1.54) is 13.0 Å². The molecule has 0 saturated carbocycles. The molecule has 2 N–H and O–H groups in total. The van der Waals surface area contributed by atoms with E-state index in [0.717, 1.165) is 0 Å². The van der Waals surface area contributed by atoms with Crippen LogP contribution in [-0.2, 0) is 6.54 Å². The third kappa shape index (κ3) is 2.07. The molecular weight excluding hydrogens is 296 g/mol. The normalized spacial score (nSPS) is 10.9. The van der Waals surface area contributed by atoms with Crippen LogP contribution in [0.25, 0.3) is 11.4 Å². The van der Waals surface area contributed by atoms with E-state index in [4.69, 9.17) is 10.3 Å². The van der Waals surface area contributed by atoms with Gasteiger partial charge in [0.15, 0.2) is 5.82 Å². The van der Waals surface area contributed by atoms with Crippen LogP contribution < -0.4 is 5.73 Å². The molecule has 1 aromatic carbocycles. The minimum atomic E-state index is -0.766. The standard InChI is InChI=1S/C10H8BrF2N3O/c1-4-2-5(11)9(13)7(8(4)12)10-15-6(3-14)17-16-10/h2H,3,14H2,1H3. The molecule has 0 aliphatic carbocycles. The first-order valence-corrected chi connectivity index (χ1v) is 5.51. The minimum Gasteiger partial charge on any atom is -0.338 e. The molecule has 7 heteroatoms. The summed E-state index contributed by atoms with van der Waals surface area (Å²) in [6, 6.07) is 1.35. The molecule has 4 nitrogen and oxygen atoms in total. The number of hydrogen-bond acceptors (Lipinski definition) is 4. The van der Waals surface area contributed by atoms with E-state index in [2.05, 4.69) is 26.1 Å². The van der Waals surface area contributed by atoms with Crippen LogP contribution >= 0.6 is 15.9 Å². The zero-order chi connectivity index (χ0) is 12.6. The lowest BCUT2D eigenvalue weighted by atomic mass is 10.1. The summed E-state index contributed by atoms with van der Waals surface area (Å²) in [4.78, 5) is 3.80. The van der Waals surface area contributed by atoms with Gasteiger partial charge in [0.05, 0.1) is 16.6 Å². The molecule has 0 atom stereocenters. The highest BCUT2D eigenvalue weighted by Gasteiger charge is 2.21. The Morgan fingerprint density at radius 3 is 2.71 bits per heavy atom. The molecular formula is C10H8BrF2N3O. The maximum absolute atomic E-state index is 13.8. The molecule has 0 aliphatic heterocycles. The Kier molecular flexibility index (Phi) is 3.21. The Bertz CT molecular complexity index is 545. The maximum atomic E-state index is 13.8. The fraction of sp³-hybridized carbons (Fsp3) is 0.200. The Labute approximate surface area is 104 Å². The lowest BCUT2D eigenvalue weighted by molar-refractivity contribution is 0.380. The Morgan fingerprint density at radius 1 is 1.41 bits per heavy atom. The van der Waals surface area contributed by atoms with Gasteiger partial charge in [-0.1, -0.05) is 5.16 Å². The molecule has 90 valence electrons. The van der Waals surface area contributed by atoms with E-state index in [9.17, 15) is 8.78 Å². The fourth-order valence-corrected chi connectivity index (χ4v) is 1.91. The van der Waals surface area contributed by atoms with Gasteiger partial charge in [-0.05, 0) is 34.5 Å². The summed E-state index contributed by atoms with van der Waals surface area (Å²) in [5.74, 6) is -1.51. The molecule has 0 unspecified atom stereocenters. The van der Waals surface area contributed by atoms with Crippen molar-refractivity contribution < 1.29 is 13.3 Å². The molecule has 0 amide bonds. The van der Waals surface area contributed by atoms with Gasteiger partial charge in [-0.2, -0.15) is 4.98 Å². The third-order valence-electron chi connectivity index (χ3n) is 2.20. The topological polar surface area (TPSA) is 64.9 Å². The predicted molar refractivity (Wildman–Crippen MR) is 60.0 cm³/mol. The smallest absolute Gasteiger partial charge is 0.240 e. The van der Waals surface area contributed by atoms with Gasteiger partial charge in [0, 0.05) is 0 Å². The van der Waals surface area contributed by atoms with Crippen molar-refractivity contribution in [2.24, 2.45) is 5.73 Å². The molecule has 0 saturated heterocycles. The van der Waals surface area contributed by atoms with Gasteiger partial charge in [-0.25, -0.2) is 8.78 Å². The molecule has 0 aliphatic rings.